The number of anilines is 1. The van der Waals surface area contributed by atoms with Crippen LogP contribution in [0, 0.1) is 0 Å². The summed E-state index contributed by atoms with van der Waals surface area (Å²) in [5, 5.41) is 17.7. The van der Waals surface area contributed by atoms with Gasteiger partial charge in [-0.05, 0) is 30.3 Å². The first kappa shape index (κ1) is 19.9. The summed E-state index contributed by atoms with van der Waals surface area (Å²) < 4.78 is 0. The van der Waals surface area contributed by atoms with Crippen molar-refractivity contribution in [3.63, 3.8) is 0 Å². The topological polar surface area (TPSA) is 81.7 Å². The highest BCUT2D eigenvalue weighted by molar-refractivity contribution is 6.30. The Kier molecular flexibility index (Phi) is 5.44. The number of nitrogens with zero attached hydrogens (tertiary/aromatic N) is 1. The van der Waals surface area contributed by atoms with Crippen molar-refractivity contribution in [1.82, 2.24) is 10.2 Å². The third kappa shape index (κ3) is 3.63. The molecule has 1 aliphatic heterocycles. The molecule has 3 amide bonds. The number of halogens is 1. The van der Waals surface area contributed by atoms with Crippen LogP contribution in [-0.4, -0.2) is 35.0 Å². The summed E-state index contributed by atoms with van der Waals surface area (Å²) in [5.41, 5.74) is 0.488. The van der Waals surface area contributed by atoms with Crippen LogP contribution < -0.4 is 10.6 Å². The van der Waals surface area contributed by atoms with Gasteiger partial charge in [0.15, 0.2) is 5.72 Å². The van der Waals surface area contributed by atoms with Crippen molar-refractivity contribution in [1.29, 1.82) is 0 Å². The van der Waals surface area contributed by atoms with Crippen molar-refractivity contribution in [3.8, 4) is 0 Å². The Morgan fingerprint density at radius 1 is 0.967 bits per heavy atom. The molecule has 3 aromatic carbocycles. The standard InChI is InChI=1S/C23H20ClN3O3/c24-17-12-10-16(11-13-17)23(30)20-9-5-4-8-19(20)21(28)27(23)15-14-25-22(29)26-18-6-2-1-3-7-18/h1-13,30H,14-15H2,(H2,25,26,29). The average Bonchev–Trinajstić information content (AvgIpc) is 2.98. The SMILES string of the molecule is O=C(NCCN1C(=O)c2ccccc2C1(O)c1ccc(Cl)cc1)Nc1ccccc1. The third-order valence-electron chi connectivity index (χ3n) is 5.07. The Balaban J connectivity index is 1.53. The number of nitrogens with one attached hydrogen (secondary N) is 2. The molecule has 1 aliphatic rings. The van der Waals surface area contributed by atoms with Crippen LogP contribution in [0.1, 0.15) is 21.5 Å². The Morgan fingerprint density at radius 2 is 1.63 bits per heavy atom. The summed E-state index contributed by atoms with van der Waals surface area (Å²) in [6, 6.07) is 22.4. The van der Waals surface area contributed by atoms with E-state index in [0.29, 0.717) is 27.4 Å². The second-order valence-corrected chi connectivity index (χ2v) is 7.36. The highest BCUT2D eigenvalue weighted by Crippen LogP contribution is 2.42. The maximum Gasteiger partial charge on any atom is 0.319 e. The van der Waals surface area contributed by atoms with Gasteiger partial charge in [-0.3, -0.25) is 4.79 Å². The lowest BCUT2D eigenvalue weighted by atomic mass is 9.94. The summed E-state index contributed by atoms with van der Waals surface area (Å²) in [7, 11) is 0. The van der Waals surface area contributed by atoms with Crippen molar-refractivity contribution < 1.29 is 14.7 Å². The van der Waals surface area contributed by atoms with Crippen molar-refractivity contribution in [2.24, 2.45) is 0 Å². The molecule has 3 N–H and O–H groups in total. The number of amides is 3. The van der Waals surface area contributed by atoms with Gasteiger partial charge >= 0.3 is 6.03 Å². The summed E-state index contributed by atoms with van der Waals surface area (Å²) in [4.78, 5) is 26.5. The molecule has 0 aliphatic carbocycles. The summed E-state index contributed by atoms with van der Waals surface area (Å²) in [6.07, 6.45) is 0. The van der Waals surface area contributed by atoms with Gasteiger partial charge in [0.25, 0.3) is 5.91 Å². The number of benzene rings is 3. The number of hydrogen-bond acceptors (Lipinski definition) is 3. The third-order valence-corrected chi connectivity index (χ3v) is 5.32. The Bertz CT molecular complexity index is 1070. The van der Waals surface area contributed by atoms with Crippen LogP contribution in [0.2, 0.25) is 5.02 Å². The zero-order chi connectivity index (χ0) is 21.1. The molecule has 0 saturated carbocycles. The normalized spacial score (nSPS) is 17.5. The van der Waals surface area contributed by atoms with Gasteiger partial charge in [0.2, 0.25) is 0 Å². The van der Waals surface area contributed by atoms with Crippen LogP contribution in [0.15, 0.2) is 78.9 Å². The number of rotatable bonds is 5. The first-order chi connectivity index (χ1) is 14.5. The van der Waals surface area contributed by atoms with E-state index in [1.165, 1.54) is 4.90 Å². The molecule has 0 fully saturated rings. The van der Waals surface area contributed by atoms with Gasteiger partial charge in [-0.1, -0.05) is 60.1 Å². The van der Waals surface area contributed by atoms with E-state index in [9.17, 15) is 14.7 Å². The van der Waals surface area contributed by atoms with Gasteiger partial charge in [-0.25, -0.2) is 4.79 Å². The van der Waals surface area contributed by atoms with Gasteiger partial charge in [0.05, 0.1) is 0 Å². The van der Waals surface area contributed by atoms with E-state index in [0.717, 1.165) is 0 Å². The van der Waals surface area contributed by atoms with E-state index >= 15 is 0 Å². The minimum absolute atomic E-state index is 0.120. The Labute approximate surface area is 179 Å². The molecule has 1 heterocycles. The number of carbonyl (C=O) groups excluding carboxylic acids is 2. The largest absolute Gasteiger partial charge is 0.363 e. The maximum atomic E-state index is 13.0. The quantitative estimate of drug-likeness (QED) is 0.586. The van der Waals surface area contributed by atoms with Crippen molar-refractivity contribution in [2.75, 3.05) is 18.4 Å². The molecule has 1 atom stereocenters. The fourth-order valence-electron chi connectivity index (χ4n) is 3.65. The summed E-state index contributed by atoms with van der Waals surface area (Å²) in [5.74, 6) is -0.298. The highest BCUT2D eigenvalue weighted by Gasteiger charge is 2.49. The molecule has 4 rings (SSSR count). The molecule has 0 saturated heterocycles. The monoisotopic (exact) mass is 421 g/mol. The number of carbonyl (C=O) groups is 2. The highest BCUT2D eigenvalue weighted by atomic mass is 35.5. The summed E-state index contributed by atoms with van der Waals surface area (Å²) >= 11 is 6.00. The number of fused-ring (bicyclic) bond motifs is 1. The molecule has 0 bridgehead atoms. The molecule has 6 nitrogen and oxygen atoms in total. The molecule has 0 spiro atoms. The van der Waals surface area contributed by atoms with Crippen molar-refractivity contribution >= 4 is 29.2 Å². The van der Waals surface area contributed by atoms with Gasteiger partial charge in [-0.2, -0.15) is 0 Å². The first-order valence-corrected chi connectivity index (χ1v) is 9.88. The maximum absolute atomic E-state index is 13.0. The van der Waals surface area contributed by atoms with Crippen LogP contribution in [0.3, 0.4) is 0 Å². The van der Waals surface area contributed by atoms with Crippen LogP contribution in [-0.2, 0) is 5.72 Å². The number of aliphatic hydroxyl groups is 1. The lowest BCUT2D eigenvalue weighted by Crippen LogP contribution is -2.48. The molecule has 7 heteroatoms. The zero-order valence-electron chi connectivity index (χ0n) is 16.0. The van der Waals surface area contributed by atoms with E-state index in [-0.39, 0.29) is 25.0 Å². The van der Waals surface area contributed by atoms with Gasteiger partial charge < -0.3 is 20.6 Å². The molecule has 152 valence electrons. The lowest BCUT2D eigenvalue weighted by Gasteiger charge is -2.35. The molecular weight excluding hydrogens is 402 g/mol. The fourth-order valence-corrected chi connectivity index (χ4v) is 3.77. The van der Waals surface area contributed by atoms with Gasteiger partial charge in [0.1, 0.15) is 0 Å². The van der Waals surface area contributed by atoms with E-state index in [1.807, 2.05) is 18.2 Å². The number of urea groups is 1. The zero-order valence-corrected chi connectivity index (χ0v) is 16.8. The van der Waals surface area contributed by atoms with E-state index < -0.39 is 5.72 Å². The average molecular weight is 422 g/mol. The lowest BCUT2D eigenvalue weighted by molar-refractivity contribution is -0.0489. The molecule has 3 aromatic rings. The second-order valence-electron chi connectivity index (χ2n) is 6.93. The second kappa shape index (κ2) is 8.18. The Hall–Kier alpha value is -3.35. The smallest absolute Gasteiger partial charge is 0.319 e. The van der Waals surface area contributed by atoms with Gasteiger partial charge in [0, 0.05) is 40.5 Å². The number of hydrogen-bond donors (Lipinski definition) is 3. The van der Waals surface area contributed by atoms with Crippen LogP contribution in [0.4, 0.5) is 10.5 Å². The van der Waals surface area contributed by atoms with Gasteiger partial charge in [-0.15, -0.1) is 0 Å². The molecule has 0 radical (unpaired) electrons. The van der Waals surface area contributed by atoms with Crippen molar-refractivity contribution in [3.05, 3.63) is 101 Å². The predicted octanol–water partition coefficient (Wildman–Crippen LogP) is 3.81. The molecular formula is C23H20ClN3O3. The number of para-hydroxylation sites is 1. The minimum atomic E-state index is -1.64. The first-order valence-electron chi connectivity index (χ1n) is 9.50. The molecule has 0 aromatic heterocycles. The van der Waals surface area contributed by atoms with E-state index in [2.05, 4.69) is 10.6 Å². The predicted molar refractivity (Wildman–Crippen MR) is 115 cm³/mol. The molecule has 30 heavy (non-hydrogen) atoms. The van der Waals surface area contributed by atoms with E-state index in [1.54, 1.807) is 60.7 Å². The molecule has 1 unspecified atom stereocenters. The Morgan fingerprint density at radius 3 is 2.37 bits per heavy atom. The minimum Gasteiger partial charge on any atom is -0.363 e. The van der Waals surface area contributed by atoms with E-state index in [4.69, 9.17) is 11.6 Å². The van der Waals surface area contributed by atoms with Crippen LogP contribution in [0.25, 0.3) is 0 Å². The fraction of sp³-hybridized carbons (Fsp3) is 0.130. The van der Waals surface area contributed by atoms with Crippen molar-refractivity contribution in [2.45, 2.75) is 5.72 Å². The summed E-state index contributed by atoms with van der Waals surface area (Å²) in [6.45, 7) is 0.281. The van der Waals surface area contributed by atoms with Crippen LogP contribution >= 0.6 is 11.6 Å². The van der Waals surface area contributed by atoms with Crippen LogP contribution in [0.5, 0.6) is 0 Å².